The normalized spacial score (nSPS) is 13.8. The van der Waals surface area contributed by atoms with E-state index in [0.717, 1.165) is 53.8 Å². The molecule has 0 radical (unpaired) electrons. The molecule has 6 aromatic rings. The van der Waals surface area contributed by atoms with Gasteiger partial charge in [-0.05, 0) is 64.1 Å². The van der Waals surface area contributed by atoms with Gasteiger partial charge in [0.2, 0.25) is 11.8 Å². The standard InChI is InChI=1S/C21H23F2N7O.C15H19ClN6O.C6H5F2N/c1-13-11-14(2)30(27-13)21-25-18(24-17-6-4-5-16(22)20(17)23)12-19(26-21)29-9-7-28(8-10-29)15(3)31;1-10-8-11(2)22(19-10)15-17-13(16)9-14(18-15)21-6-4-20(5-7-21)12(3)23;7-4-2-1-3-5(9)6(4)8/h4-6,11-12H,7-10H2,1-3H3,(H,24,25,26);8-9H,4-7H2,1-3H3;1-3H,9H2. The lowest BCUT2D eigenvalue weighted by atomic mass is 10.3. The number of halogens is 5. The van der Waals surface area contributed by atoms with Crippen molar-refractivity contribution >= 4 is 52.2 Å². The van der Waals surface area contributed by atoms with Crippen LogP contribution < -0.4 is 20.9 Å². The maximum Gasteiger partial charge on any atom is 0.254 e. The van der Waals surface area contributed by atoms with E-state index in [0.29, 0.717) is 68.0 Å². The largest absolute Gasteiger partial charge is 0.396 e. The van der Waals surface area contributed by atoms with Crippen LogP contribution in [0.2, 0.25) is 5.15 Å². The Morgan fingerprint density at radius 3 is 1.52 bits per heavy atom. The molecule has 21 heteroatoms. The van der Waals surface area contributed by atoms with Gasteiger partial charge in [-0.1, -0.05) is 23.7 Å². The van der Waals surface area contributed by atoms with E-state index in [-0.39, 0.29) is 23.2 Å². The molecule has 16 nitrogen and oxygen atoms in total. The Morgan fingerprint density at radius 1 is 0.619 bits per heavy atom. The van der Waals surface area contributed by atoms with E-state index in [9.17, 15) is 27.2 Å². The van der Waals surface area contributed by atoms with Crippen LogP contribution in [0.5, 0.6) is 0 Å². The number of piperazine rings is 2. The molecular weight excluding hydrogens is 844 g/mol. The summed E-state index contributed by atoms with van der Waals surface area (Å²) in [4.78, 5) is 48.8. The number of nitrogens with one attached hydrogen (secondary N) is 1. The lowest BCUT2D eigenvalue weighted by Gasteiger charge is -2.35. The molecule has 332 valence electrons. The molecule has 4 aromatic heterocycles. The minimum absolute atomic E-state index is 0.0228. The fourth-order valence-corrected chi connectivity index (χ4v) is 6.99. The van der Waals surface area contributed by atoms with Crippen molar-refractivity contribution in [3.63, 3.8) is 0 Å². The van der Waals surface area contributed by atoms with Crippen LogP contribution in [0.15, 0.2) is 60.7 Å². The summed E-state index contributed by atoms with van der Waals surface area (Å²) in [5.41, 5.74) is 8.34. The first-order chi connectivity index (χ1) is 30.0. The number of hydrogen-bond donors (Lipinski definition) is 2. The van der Waals surface area contributed by atoms with Crippen molar-refractivity contribution in [2.75, 3.05) is 73.2 Å². The molecule has 2 amide bonds. The number of nitrogens with zero attached hydrogens (tertiary/aromatic N) is 12. The van der Waals surface area contributed by atoms with E-state index in [1.54, 1.807) is 40.2 Å². The molecule has 0 bridgehead atoms. The zero-order chi connectivity index (χ0) is 45.5. The summed E-state index contributed by atoms with van der Waals surface area (Å²) in [6.07, 6.45) is 0. The highest BCUT2D eigenvalue weighted by Crippen LogP contribution is 2.26. The highest BCUT2D eigenvalue weighted by atomic mass is 35.5. The topological polar surface area (TPSA) is 172 Å². The molecule has 0 aliphatic carbocycles. The van der Waals surface area contributed by atoms with Gasteiger partial charge in [-0.15, -0.1) is 0 Å². The molecule has 0 unspecified atom stereocenters. The minimum atomic E-state index is -0.981. The Bertz CT molecular complexity index is 2570. The summed E-state index contributed by atoms with van der Waals surface area (Å²) in [6.45, 7) is 16.0. The Hall–Kier alpha value is -6.83. The van der Waals surface area contributed by atoms with Gasteiger partial charge in [-0.25, -0.2) is 26.9 Å². The first-order valence-corrected chi connectivity index (χ1v) is 20.3. The van der Waals surface area contributed by atoms with Crippen LogP contribution in [0.3, 0.4) is 0 Å². The number of carbonyl (C=O) groups excluding carboxylic acids is 2. The third kappa shape index (κ3) is 11.4. The van der Waals surface area contributed by atoms with Crippen LogP contribution in [0.4, 0.5) is 46.4 Å². The molecule has 2 fully saturated rings. The van der Waals surface area contributed by atoms with Gasteiger partial charge in [0.15, 0.2) is 23.3 Å². The van der Waals surface area contributed by atoms with Gasteiger partial charge in [-0.2, -0.15) is 30.1 Å². The maximum absolute atomic E-state index is 14.2. The van der Waals surface area contributed by atoms with Gasteiger partial charge in [0.25, 0.3) is 11.9 Å². The predicted octanol–water partition coefficient (Wildman–Crippen LogP) is 6.12. The maximum atomic E-state index is 14.2. The van der Waals surface area contributed by atoms with E-state index in [2.05, 4.69) is 40.3 Å². The fourth-order valence-electron chi connectivity index (χ4n) is 6.82. The average Bonchev–Trinajstić information content (AvgIpc) is 3.79. The van der Waals surface area contributed by atoms with Gasteiger partial charge in [0.05, 0.1) is 22.8 Å². The second-order valence-electron chi connectivity index (χ2n) is 14.8. The number of rotatable bonds is 6. The van der Waals surface area contributed by atoms with E-state index >= 15 is 0 Å². The van der Waals surface area contributed by atoms with Crippen molar-refractivity contribution in [2.45, 2.75) is 41.5 Å². The number of hydrogen-bond acceptors (Lipinski definition) is 12. The van der Waals surface area contributed by atoms with Gasteiger partial charge in [0.1, 0.15) is 22.6 Å². The Balaban J connectivity index is 0.000000180. The zero-order valence-electron chi connectivity index (χ0n) is 35.6. The number of nitrogen functional groups attached to an aromatic ring is 1. The van der Waals surface area contributed by atoms with Crippen molar-refractivity contribution in [3.8, 4) is 11.9 Å². The van der Waals surface area contributed by atoms with Crippen LogP contribution in [0.25, 0.3) is 11.9 Å². The summed E-state index contributed by atoms with van der Waals surface area (Å²) in [6, 6.07) is 14.9. The van der Waals surface area contributed by atoms with E-state index < -0.39 is 23.3 Å². The molecule has 2 aromatic carbocycles. The predicted molar refractivity (Wildman–Crippen MR) is 232 cm³/mol. The van der Waals surface area contributed by atoms with Crippen LogP contribution in [0.1, 0.15) is 36.6 Å². The van der Waals surface area contributed by atoms with Gasteiger partial charge in [-0.3, -0.25) is 9.59 Å². The summed E-state index contributed by atoms with van der Waals surface area (Å²) in [7, 11) is 0. The number of anilines is 5. The van der Waals surface area contributed by atoms with Gasteiger partial charge < -0.3 is 30.7 Å². The Morgan fingerprint density at radius 2 is 1.08 bits per heavy atom. The number of aromatic nitrogens is 8. The molecule has 8 rings (SSSR count). The second-order valence-corrected chi connectivity index (χ2v) is 15.2. The van der Waals surface area contributed by atoms with Crippen molar-refractivity contribution in [3.05, 3.63) is 112 Å². The highest BCUT2D eigenvalue weighted by molar-refractivity contribution is 6.29. The monoisotopic (exact) mass is 890 g/mol. The van der Waals surface area contributed by atoms with Crippen molar-refractivity contribution in [1.29, 1.82) is 0 Å². The zero-order valence-corrected chi connectivity index (χ0v) is 36.3. The highest BCUT2D eigenvalue weighted by Gasteiger charge is 2.23. The van der Waals surface area contributed by atoms with Crippen LogP contribution in [-0.2, 0) is 9.59 Å². The van der Waals surface area contributed by atoms with Crippen LogP contribution in [-0.4, -0.2) is 113 Å². The summed E-state index contributed by atoms with van der Waals surface area (Å²) < 4.78 is 55.5. The molecule has 63 heavy (non-hydrogen) atoms. The third-order valence-corrected chi connectivity index (χ3v) is 10.3. The van der Waals surface area contributed by atoms with Gasteiger partial charge in [0, 0.05) is 89.7 Å². The number of carbonyl (C=O) groups is 2. The third-order valence-electron chi connectivity index (χ3n) is 10.1. The lowest BCUT2D eigenvalue weighted by Crippen LogP contribution is -2.48. The number of amides is 2. The van der Waals surface area contributed by atoms with Crippen molar-refractivity contribution < 1.29 is 27.2 Å². The summed E-state index contributed by atoms with van der Waals surface area (Å²) >= 11 is 6.17. The van der Waals surface area contributed by atoms with E-state index in [4.69, 9.17) is 17.3 Å². The fraction of sp³-hybridized carbons (Fsp3) is 0.333. The molecule has 0 atom stereocenters. The van der Waals surface area contributed by atoms with Crippen molar-refractivity contribution in [1.82, 2.24) is 49.3 Å². The quantitative estimate of drug-likeness (QED) is 0.112. The number of nitrogens with two attached hydrogens (primary N) is 1. The molecular formula is C42H47ClF4N14O2. The lowest BCUT2D eigenvalue weighted by molar-refractivity contribution is -0.129. The molecule has 2 saturated heterocycles. The Labute approximate surface area is 366 Å². The first-order valence-electron chi connectivity index (χ1n) is 19.9. The Kier molecular flexibility index (Phi) is 14.4. The van der Waals surface area contributed by atoms with Gasteiger partial charge >= 0.3 is 0 Å². The summed E-state index contributed by atoms with van der Waals surface area (Å²) in [5, 5.41) is 12.1. The average molecular weight is 891 g/mol. The molecule has 6 heterocycles. The molecule has 3 N–H and O–H groups in total. The first kappa shape index (κ1) is 45.7. The SMILES string of the molecule is CC(=O)N1CCN(c2cc(Cl)nc(-n3nc(C)cc3C)n2)CC1.CC(=O)N1CCN(c2cc(Nc3cccc(F)c3F)nc(-n3nc(C)cc3C)n2)CC1.Nc1cccc(F)c1F. The van der Waals surface area contributed by atoms with Crippen molar-refractivity contribution in [2.24, 2.45) is 0 Å². The molecule has 2 aliphatic heterocycles. The molecule has 2 aliphatic rings. The molecule has 0 saturated carbocycles. The van der Waals surface area contributed by atoms with Crippen LogP contribution in [0, 0.1) is 51.0 Å². The smallest absolute Gasteiger partial charge is 0.254 e. The summed E-state index contributed by atoms with van der Waals surface area (Å²) in [5.74, 6) is -1.20. The number of benzene rings is 2. The van der Waals surface area contributed by atoms with Crippen LogP contribution >= 0.6 is 11.6 Å². The van der Waals surface area contributed by atoms with E-state index in [1.807, 2.05) is 49.6 Å². The van der Waals surface area contributed by atoms with E-state index in [1.165, 1.54) is 24.3 Å². The number of aryl methyl sites for hydroxylation is 4. The molecule has 0 spiro atoms. The second kappa shape index (κ2) is 19.9. The minimum Gasteiger partial charge on any atom is -0.396 e.